The van der Waals surface area contributed by atoms with Crippen molar-refractivity contribution in [3.8, 4) is 5.75 Å². The van der Waals surface area contributed by atoms with E-state index in [2.05, 4.69) is 43.5 Å². The number of aryl methyl sites for hydroxylation is 1. The van der Waals surface area contributed by atoms with Crippen LogP contribution in [0.2, 0.25) is 0 Å². The van der Waals surface area contributed by atoms with E-state index in [-0.39, 0.29) is 0 Å². The Morgan fingerprint density at radius 2 is 1.82 bits per heavy atom. The molecule has 0 bridgehead atoms. The number of ether oxygens (including phenoxy) is 1. The maximum absolute atomic E-state index is 5.80. The molecule has 0 aliphatic carbocycles. The molecular weight excluding hydrogens is 228 g/mol. The lowest BCUT2D eigenvalue weighted by atomic mass is 10.2. The fourth-order valence-electron chi connectivity index (χ4n) is 1.66. The van der Waals surface area contributed by atoms with Crippen molar-refractivity contribution in [2.75, 3.05) is 6.26 Å². The number of thioether (sulfide) groups is 1. The third kappa shape index (κ3) is 3.53. The van der Waals surface area contributed by atoms with Gasteiger partial charge in [0, 0.05) is 4.90 Å². The summed E-state index contributed by atoms with van der Waals surface area (Å²) in [6.07, 6.45) is 2.08. The van der Waals surface area contributed by atoms with Gasteiger partial charge in [-0.3, -0.25) is 0 Å². The van der Waals surface area contributed by atoms with Crippen LogP contribution in [0.15, 0.2) is 53.4 Å². The molecule has 0 aliphatic rings. The van der Waals surface area contributed by atoms with Crippen LogP contribution < -0.4 is 4.74 Å². The minimum Gasteiger partial charge on any atom is -0.489 e. The first-order chi connectivity index (χ1) is 8.28. The monoisotopic (exact) mass is 244 g/mol. The molecule has 0 heterocycles. The van der Waals surface area contributed by atoms with Crippen LogP contribution in [0.3, 0.4) is 0 Å². The first-order valence-electron chi connectivity index (χ1n) is 5.60. The minimum atomic E-state index is 0.623. The maximum atomic E-state index is 5.80. The molecule has 0 N–H and O–H groups in total. The van der Waals surface area contributed by atoms with Crippen LogP contribution in [0, 0.1) is 6.92 Å². The highest BCUT2D eigenvalue weighted by atomic mass is 32.2. The van der Waals surface area contributed by atoms with E-state index in [9.17, 15) is 0 Å². The zero-order valence-electron chi connectivity index (χ0n) is 10.1. The van der Waals surface area contributed by atoms with E-state index in [1.54, 1.807) is 11.8 Å². The zero-order valence-corrected chi connectivity index (χ0v) is 11.0. The SMILES string of the molecule is CSc1cc(C)cc(OCc2ccccc2)c1. The minimum absolute atomic E-state index is 0.623. The van der Waals surface area contributed by atoms with Crippen LogP contribution in [0.5, 0.6) is 5.75 Å². The van der Waals surface area contributed by atoms with Gasteiger partial charge < -0.3 is 4.74 Å². The average molecular weight is 244 g/mol. The van der Waals surface area contributed by atoms with Gasteiger partial charge in [0.25, 0.3) is 0 Å². The van der Waals surface area contributed by atoms with E-state index in [1.807, 2.05) is 18.2 Å². The lowest BCUT2D eigenvalue weighted by Gasteiger charge is -2.08. The summed E-state index contributed by atoms with van der Waals surface area (Å²) in [6, 6.07) is 16.5. The molecule has 0 unspecified atom stereocenters. The quantitative estimate of drug-likeness (QED) is 0.742. The third-order valence-electron chi connectivity index (χ3n) is 2.51. The van der Waals surface area contributed by atoms with Crippen LogP contribution in [0.25, 0.3) is 0 Å². The van der Waals surface area contributed by atoms with Crippen LogP contribution in [-0.2, 0) is 6.61 Å². The van der Waals surface area contributed by atoms with Crippen LogP contribution in [-0.4, -0.2) is 6.26 Å². The summed E-state index contributed by atoms with van der Waals surface area (Å²) < 4.78 is 5.80. The molecule has 2 aromatic rings. The predicted octanol–water partition coefficient (Wildman–Crippen LogP) is 4.30. The third-order valence-corrected chi connectivity index (χ3v) is 3.22. The zero-order chi connectivity index (χ0) is 12.1. The van der Waals surface area contributed by atoms with Crippen molar-refractivity contribution >= 4 is 11.8 Å². The molecule has 0 aliphatic heterocycles. The summed E-state index contributed by atoms with van der Waals surface area (Å²) in [5, 5.41) is 0. The summed E-state index contributed by atoms with van der Waals surface area (Å²) in [4.78, 5) is 1.24. The number of hydrogen-bond acceptors (Lipinski definition) is 2. The average Bonchev–Trinajstić information content (AvgIpc) is 2.37. The van der Waals surface area contributed by atoms with Gasteiger partial charge in [-0.2, -0.15) is 0 Å². The Morgan fingerprint density at radius 1 is 1.06 bits per heavy atom. The smallest absolute Gasteiger partial charge is 0.121 e. The normalized spacial score (nSPS) is 10.2. The maximum Gasteiger partial charge on any atom is 0.121 e. The van der Waals surface area contributed by atoms with E-state index in [0.717, 1.165) is 5.75 Å². The highest BCUT2D eigenvalue weighted by Crippen LogP contribution is 2.24. The first-order valence-corrected chi connectivity index (χ1v) is 6.83. The van der Waals surface area contributed by atoms with Crippen molar-refractivity contribution in [2.24, 2.45) is 0 Å². The van der Waals surface area contributed by atoms with E-state index >= 15 is 0 Å². The molecule has 17 heavy (non-hydrogen) atoms. The Balaban J connectivity index is 2.06. The van der Waals surface area contributed by atoms with Gasteiger partial charge in [-0.25, -0.2) is 0 Å². The molecule has 0 aromatic heterocycles. The van der Waals surface area contributed by atoms with Crippen molar-refractivity contribution in [1.29, 1.82) is 0 Å². The number of benzene rings is 2. The fraction of sp³-hybridized carbons (Fsp3) is 0.200. The lowest BCUT2D eigenvalue weighted by Crippen LogP contribution is -1.95. The van der Waals surface area contributed by atoms with Gasteiger partial charge in [0.1, 0.15) is 12.4 Å². The van der Waals surface area contributed by atoms with Gasteiger partial charge in [0.2, 0.25) is 0 Å². The standard InChI is InChI=1S/C15H16OS/c1-12-8-14(10-15(9-12)17-2)16-11-13-6-4-3-5-7-13/h3-10H,11H2,1-2H3. The highest BCUT2D eigenvalue weighted by Gasteiger charge is 1.99. The lowest BCUT2D eigenvalue weighted by molar-refractivity contribution is 0.305. The van der Waals surface area contributed by atoms with Crippen molar-refractivity contribution < 1.29 is 4.74 Å². The molecule has 0 amide bonds. The molecule has 0 saturated carbocycles. The van der Waals surface area contributed by atoms with Crippen molar-refractivity contribution in [1.82, 2.24) is 0 Å². The number of hydrogen-bond donors (Lipinski definition) is 0. The van der Waals surface area contributed by atoms with E-state index in [1.165, 1.54) is 16.0 Å². The van der Waals surface area contributed by atoms with Gasteiger partial charge in [-0.15, -0.1) is 11.8 Å². The summed E-state index contributed by atoms with van der Waals surface area (Å²) >= 11 is 1.74. The second-order valence-corrected chi connectivity index (χ2v) is 4.84. The molecule has 2 aromatic carbocycles. The second-order valence-electron chi connectivity index (χ2n) is 3.96. The summed E-state index contributed by atoms with van der Waals surface area (Å²) in [6.45, 7) is 2.72. The largest absolute Gasteiger partial charge is 0.489 e. The van der Waals surface area contributed by atoms with Crippen molar-refractivity contribution in [2.45, 2.75) is 18.4 Å². The Labute approximate surface area is 107 Å². The second kappa shape index (κ2) is 5.78. The van der Waals surface area contributed by atoms with Crippen LogP contribution in [0.4, 0.5) is 0 Å². The number of rotatable bonds is 4. The molecule has 0 radical (unpaired) electrons. The molecule has 0 spiro atoms. The first kappa shape index (κ1) is 12.1. The summed E-state index contributed by atoms with van der Waals surface area (Å²) in [7, 11) is 0. The summed E-state index contributed by atoms with van der Waals surface area (Å²) in [5.41, 5.74) is 2.43. The molecule has 88 valence electrons. The van der Waals surface area contributed by atoms with Gasteiger partial charge in [-0.05, 0) is 42.5 Å². The Kier molecular flexibility index (Phi) is 4.10. The molecular formula is C15H16OS. The Hall–Kier alpha value is -1.41. The summed E-state index contributed by atoms with van der Waals surface area (Å²) in [5.74, 6) is 0.943. The molecule has 2 rings (SSSR count). The highest BCUT2D eigenvalue weighted by molar-refractivity contribution is 7.98. The predicted molar refractivity (Wildman–Crippen MR) is 73.7 cm³/mol. The van der Waals surface area contributed by atoms with E-state index in [4.69, 9.17) is 4.74 Å². The van der Waals surface area contributed by atoms with Gasteiger partial charge >= 0.3 is 0 Å². The van der Waals surface area contributed by atoms with Crippen molar-refractivity contribution in [3.63, 3.8) is 0 Å². The topological polar surface area (TPSA) is 9.23 Å². The molecule has 0 saturated heterocycles. The Bertz CT molecular complexity index is 480. The van der Waals surface area contributed by atoms with E-state index < -0.39 is 0 Å². The van der Waals surface area contributed by atoms with Gasteiger partial charge in [-0.1, -0.05) is 30.3 Å². The van der Waals surface area contributed by atoms with Crippen molar-refractivity contribution in [3.05, 3.63) is 59.7 Å². The Morgan fingerprint density at radius 3 is 2.53 bits per heavy atom. The molecule has 1 nitrogen and oxygen atoms in total. The fourth-order valence-corrected chi connectivity index (χ4v) is 2.19. The molecule has 2 heteroatoms. The van der Waals surface area contributed by atoms with Crippen LogP contribution in [0.1, 0.15) is 11.1 Å². The van der Waals surface area contributed by atoms with Gasteiger partial charge in [0.05, 0.1) is 0 Å². The molecule has 0 atom stereocenters. The van der Waals surface area contributed by atoms with Gasteiger partial charge in [0.15, 0.2) is 0 Å². The molecule has 0 fully saturated rings. The van der Waals surface area contributed by atoms with E-state index in [0.29, 0.717) is 6.61 Å². The van der Waals surface area contributed by atoms with Crippen LogP contribution >= 0.6 is 11.8 Å².